The fourth-order valence-corrected chi connectivity index (χ4v) is 1.91. The topological polar surface area (TPSA) is 99.8 Å². The van der Waals surface area contributed by atoms with Crippen LogP contribution in [0.5, 0.6) is 0 Å². The standard InChI is InChI=1S/C7H9N5O2S/c13-6(4-2-15-7(14)11-4)8-1-5-9-3-10-12-5/h3-4H,1-2H2,(H,8,13)(H,11,14)(H,9,10,12). The van der Waals surface area contributed by atoms with Gasteiger partial charge in [-0.25, -0.2) is 4.98 Å². The van der Waals surface area contributed by atoms with Gasteiger partial charge in [-0.15, -0.1) is 0 Å². The second-order valence-corrected chi connectivity index (χ2v) is 3.94. The van der Waals surface area contributed by atoms with Gasteiger partial charge in [-0.2, -0.15) is 5.10 Å². The maximum atomic E-state index is 11.5. The summed E-state index contributed by atoms with van der Waals surface area (Å²) in [5, 5.41) is 11.3. The molecule has 1 aliphatic rings. The molecule has 8 heteroatoms. The third-order valence-corrected chi connectivity index (χ3v) is 2.76. The van der Waals surface area contributed by atoms with Crippen molar-refractivity contribution < 1.29 is 9.59 Å². The number of amides is 2. The highest BCUT2D eigenvalue weighted by atomic mass is 32.2. The van der Waals surface area contributed by atoms with Gasteiger partial charge in [0.2, 0.25) is 5.91 Å². The van der Waals surface area contributed by atoms with Crippen molar-refractivity contribution in [1.29, 1.82) is 0 Å². The summed E-state index contributed by atoms with van der Waals surface area (Å²) in [6.07, 6.45) is 1.37. The van der Waals surface area contributed by atoms with Crippen LogP contribution >= 0.6 is 11.8 Å². The average molecular weight is 227 g/mol. The van der Waals surface area contributed by atoms with Crippen molar-refractivity contribution in [3.63, 3.8) is 0 Å². The summed E-state index contributed by atoms with van der Waals surface area (Å²) in [7, 11) is 0. The lowest BCUT2D eigenvalue weighted by molar-refractivity contribution is -0.122. The molecule has 2 amide bonds. The molecule has 0 spiro atoms. The van der Waals surface area contributed by atoms with Crippen LogP contribution < -0.4 is 10.6 Å². The third-order valence-electron chi connectivity index (χ3n) is 1.88. The summed E-state index contributed by atoms with van der Waals surface area (Å²) in [6.45, 7) is 0.288. The van der Waals surface area contributed by atoms with E-state index in [-0.39, 0.29) is 17.7 Å². The van der Waals surface area contributed by atoms with Crippen LogP contribution in [0.25, 0.3) is 0 Å². The minimum Gasteiger partial charge on any atom is -0.347 e. The van der Waals surface area contributed by atoms with E-state index >= 15 is 0 Å². The highest BCUT2D eigenvalue weighted by Crippen LogP contribution is 2.12. The zero-order valence-corrected chi connectivity index (χ0v) is 8.50. The molecule has 2 rings (SSSR count). The van der Waals surface area contributed by atoms with Gasteiger partial charge >= 0.3 is 0 Å². The maximum Gasteiger partial charge on any atom is 0.279 e. The van der Waals surface area contributed by atoms with E-state index in [1.807, 2.05) is 0 Å². The summed E-state index contributed by atoms with van der Waals surface area (Å²) in [6, 6.07) is -0.439. The van der Waals surface area contributed by atoms with Crippen LogP contribution in [0.15, 0.2) is 6.33 Å². The van der Waals surface area contributed by atoms with Gasteiger partial charge in [0, 0.05) is 5.75 Å². The molecule has 0 aromatic carbocycles. The maximum absolute atomic E-state index is 11.5. The fraction of sp³-hybridized carbons (Fsp3) is 0.429. The fourth-order valence-electron chi connectivity index (χ4n) is 1.14. The lowest BCUT2D eigenvalue weighted by atomic mass is 10.3. The van der Waals surface area contributed by atoms with Gasteiger partial charge in [0.25, 0.3) is 5.24 Å². The van der Waals surface area contributed by atoms with Crippen LogP contribution in [-0.4, -0.2) is 38.1 Å². The van der Waals surface area contributed by atoms with Gasteiger partial charge in [-0.05, 0) is 0 Å². The van der Waals surface area contributed by atoms with Crippen molar-refractivity contribution in [3.05, 3.63) is 12.2 Å². The molecule has 0 bridgehead atoms. The van der Waals surface area contributed by atoms with Gasteiger partial charge in [0.05, 0.1) is 6.54 Å². The first kappa shape index (κ1) is 9.97. The van der Waals surface area contributed by atoms with Gasteiger partial charge in [-0.1, -0.05) is 11.8 Å². The van der Waals surface area contributed by atoms with E-state index in [2.05, 4.69) is 25.8 Å². The first-order valence-corrected chi connectivity index (χ1v) is 5.29. The van der Waals surface area contributed by atoms with E-state index in [9.17, 15) is 9.59 Å². The van der Waals surface area contributed by atoms with Crippen LogP contribution in [0.3, 0.4) is 0 Å². The predicted molar refractivity (Wildman–Crippen MR) is 53.0 cm³/mol. The Hall–Kier alpha value is -1.57. The Morgan fingerprint density at radius 2 is 2.60 bits per heavy atom. The quantitative estimate of drug-likeness (QED) is 0.630. The van der Waals surface area contributed by atoms with E-state index in [1.54, 1.807) is 0 Å². The van der Waals surface area contributed by atoms with Crippen LogP contribution in [0.2, 0.25) is 0 Å². The number of aromatic nitrogens is 3. The molecule has 0 radical (unpaired) electrons. The third kappa shape index (κ3) is 2.46. The molecule has 0 aliphatic carbocycles. The van der Waals surface area contributed by atoms with Crippen LogP contribution in [0, 0.1) is 0 Å². The largest absolute Gasteiger partial charge is 0.347 e. The molecule has 1 saturated heterocycles. The monoisotopic (exact) mass is 227 g/mol. The Bertz CT molecular complexity index is 365. The van der Waals surface area contributed by atoms with Crippen molar-refractivity contribution in [2.75, 3.05) is 5.75 Å². The number of carbonyl (C=O) groups excluding carboxylic acids is 2. The minimum atomic E-state index is -0.439. The predicted octanol–water partition coefficient (Wildman–Crippen LogP) is -0.754. The van der Waals surface area contributed by atoms with Crippen LogP contribution in [0.4, 0.5) is 4.79 Å². The summed E-state index contributed by atoms with van der Waals surface area (Å²) in [5.74, 6) is 0.853. The molecule has 2 heterocycles. The number of H-pyrrole nitrogens is 1. The van der Waals surface area contributed by atoms with E-state index < -0.39 is 6.04 Å². The summed E-state index contributed by atoms with van der Waals surface area (Å²) >= 11 is 1.11. The average Bonchev–Trinajstić information content (AvgIpc) is 2.84. The van der Waals surface area contributed by atoms with E-state index in [0.717, 1.165) is 11.8 Å². The first-order chi connectivity index (χ1) is 7.25. The molecule has 1 fully saturated rings. The van der Waals surface area contributed by atoms with E-state index in [0.29, 0.717) is 11.6 Å². The van der Waals surface area contributed by atoms with Gasteiger partial charge in [0.15, 0.2) is 0 Å². The molecule has 0 saturated carbocycles. The molecule has 15 heavy (non-hydrogen) atoms. The Balaban J connectivity index is 1.80. The van der Waals surface area contributed by atoms with Gasteiger partial charge in [-0.3, -0.25) is 14.7 Å². The Morgan fingerprint density at radius 3 is 3.20 bits per heavy atom. The Morgan fingerprint density at radius 1 is 1.73 bits per heavy atom. The number of hydrogen-bond donors (Lipinski definition) is 3. The lowest BCUT2D eigenvalue weighted by Crippen LogP contribution is -2.42. The van der Waals surface area contributed by atoms with E-state index in [4.69, 9.17) is 0 Å². The number of nitrogens with one attached hydrogen (secondary N) is 3. The van der Waals surface area contributed by atoms with Crippen molar-refractivity contribution in [2.24, 2.45) is 0 Å². The summed E-state index contributed by atoms with van der Waals surface area (Å²) < 4.78 is 0. The van der Waals surface area contributed by atoms with Crippen molar-refractivity contribution >= 4 is 22.9 Å². The Kier molecular flexibility index (Phi) is 2.86. The molecule has 1 aromatic heterocycles. The molecule has 1 aromatic rings. The number of thioether (sulfide) groups is 1. The molecular formula is C7H9N5O2S. The SMILES string of the molecule is O=C1NC(C(=O)NCc2ncn[nH]2)CS1. The number of nitrogens with zero attached hydrogens (tertiary/aromatic N) is 2. The highest BCUT2D eigenvalue weighted by molar-refractivity contribution is 8.14. The molecule has 7 nitrogen and oxygen atoms in total. The zero-order valence-electron chi connectivity index (χ0n) is 7.69. The van der Waals surface area contributed by atoms with Crippen molar-refractivity contribution in [1.82, 2.24) is 25.8 Å². The second kappa shape index (κ2) is 4.30. The molecular weight excluding hydrogens is 218 g/mol. The molecule has 3 N–H and O–H groups in total. The molecule has 1 unspecified atom stereocenters. The number of rotatable bonds is 3. The zero-order chi connectivity index (χ0) is 10.7. The summed E-state index contributed by atoms with van der Waals surface area (Å²) in [5.41, 5.74) is 0. The van der Waals surface area contributed by atoms with Gasteiger partial charge in [0.1, 0.15) is 18.2 Å². The van der Waals surface area contributed by atoms with Crippen LogP contribution in [0.1, 0.15) is 5.82 Å². The highest BCUT2D eigenvalue weighted by Gasteiger charge is 2.27. The van der Waals surface area contributed by atoms with Crippen molar-refractivity contribution in [2.45, 2.75) is 12.6 Å². The van der Waals surface area contributed by atoms with E-state index in [1.165, 1.54) is 6.33 Å². The molecule has 1 atom stereocenters. The van der Waals surface area contributed by atoms with Crippen molar-refractivity contribution in [3.8, 4) is 0 Å². The summed E-state index contributed by atoms with van der Waals surface area (Å²) in [4.78, 5) is 26.2. The van der Waals surface area contributed by atoms with Gasteiger partial charge < -0.3 is 10.6 Å². The number of aromatic amines is 1. The number of carbonyl (C=O) groups is 2. The minimum absolute atomic E-state index is 0.158. The normalized spacial score (nSPS) is 20.0. The smallest absolute Gasteiger partial charge is 0.279 e. The van der Waals surface area contributed by atoms with Crippen LogP contribution in [-0.2, 0) is 11.3 Å². The number of hydrogen-bond acceptors (Lipinski definition) is 5. The molecule has 1 aliphatic heterocycles. The first-order valence-electron chi connectivity index (χ1n) is 4.31. The molecule has 80 valence electrons. The lowest BCUT2D eigenvalue weighted by Gasteiger charge is -2.08. The second-order valence-electron chi connectivity index (χ2n) is 2.95. The Labute approximate surface area is 89.4 Å².